The van der Waals surface area contributed by atoms with E-state index >= 15 is 0 Å². The summed E-state index contributed by atoms with van der Waals surface area (Å²) in [6.07, 6.45) is 1.70. The third-order valence-corrected chi connectivity index (χ3v) is 5.63. The Balaban J connectivity index is 1.61. The van der Waals surface area contributed by atoms with Gasteiger partial charge in [0.15, 0.2) is 0 Å². The zero-order valence-corrected chi connectivity index (χ0v) is 16.0. The van der Waals surface area contributed by atoms with Crippen LogP contribution < -0.4 is 5.32 Å². The first-order valence-electron chi connectivity index (χ1n) is 8.78. The second-order valence-electron chi connectivity index (χ2n) is 8.12. The van der Waals surface area contributed by atoms with Crippen molar-refractivity contribution >= 4 is 22.3 Å². The number of piperidine rings is 1. The van der Waals surface area contributed by atoms with Crippen molar-refractivity contribution in [2.45, 2.75) is 63.7 Å². The van der Waals surface area contributed by atoms with Crippen LogP contribution in [-0.2, 0) is 19.5 Å². The summed E-state index contributed by atoms with van der Waals surface area (Å²) in [7, 11) is -4.78. The van der Waals surface area contributed by atoms with Crippen LogP contribution >= 0.6 is 0 Å². The number of fused-ring (bicyclic) bond motifs is 2. The second-order valence-corrected chi connectivity index (χ2v) is 9.13. The molecule has 0 saturated carbocycles. The van der Waals surface area contributed by atoms with E-state index in [9.17, 15) is 18.0 Å². The molecule has 10 nitrogen and oxygen atoms in total. The van der Waals surface area contributed by atoms with Crippen LogP contribution in [0.3, 0.4) is 0 Å². The van der Waals surface area contributed by atoms with Gasteiger partial charge in [0, 0.05) is 31.2 Å². The molecule has 11 heteroatoms. The average Bonchev–Trinajstić information content (AvgIpc) is 3.06. The van der Waals surface area contributed by atoms with Gasteiger partial charge in [-0.25, -0.2) is 4.79 Å². The highest BCUT2D eigenvalue weighted by Crippen LogP contribution is 2.31. The maximum absolute atomic E-state index is 12.7. The lowest BCUT2D eigenvalue weighted by Crippen LogP contribution is -2.52. The minimum absolute atomic E-state index is 0.0299. The van der Waals surface area contributed by atoms with E-state index in [0.717, 1.165) is 19.5 Å². The first-order chi connectivity index (χ1) is 12.0. The van der Waals surface area contributed by atoms with E-state index in [1.54, 1.807) is 0 Å². The number of rotatable bonds is 4. The van der Waals surface area contributed by atoms with E-state index < -0.39 is 28.5 Å². The minimum atomic E-state index is -4.78. The Morgan fingerprint density at radius 2 is 1.92 bits per heavy atom. The zero-order valence-electron chi connectivity index (χ0n) is 15.2. The van der Waals surface area contributed by atoms with Gasteiger partial charge < -0.3 is 10.2 Å². The molecule has 0 radical (unpaired) electrons. The van der Waals surface area contributed by atoms with Crippen molar-refractivity contribution in [3.63, 3.8) is 0 Å². The molecular weight excluding hydrogens is 364 g/mol. The molecule has 0 aromatic carbocycles. The van der Waals surface area contributed by atoms with Crippen LogP contribution in [0.5, 0.6) is 0 Å². The predicted molar refractivity (Wildman–Crippen MR) is 91.3 cm³/mol. The molecule has 26 heavy (non-hydrogen) atoms. The Morgan fingerprint density at radius 1 is 1.23 bits per heavy atom. The van der Waals surface area contributed by atoms with Gasteiger partial charge in [0.05, 0.1) is 6.04 Å². The molecule has 0 spiro atoms. The number of carbonyl (C=O) groups is 2. The Morgan fingerprint density at radius 3 is 2.50 bits per heavy atom. The smallest absolute Gasteiger partial charge is 0.350 e. The van der Waals surface area contributed by atoms with Crippen LogP contribution in [0.15, 0.2) is 0 Å². The molecule has 1 unspecified atom stereocenters. The van der Waals surface area contributed by atoms with Gasteiger partial charge >= 0.3 is 16.4 Å². The van der Waals surface area contributed by atoms with Gasteiger partial charge in [-0.3, -0.25) is 14.2 Å². The molecule has 3 rings (SSSR count). The number of hydroxylamine groups is 2. The lowest BCUT2D eigenvalue weighted by atomic mass is 10.00. The van der Waals surface area contributed by atoms with Crippen LogP contribution in [0.2, 0.25) is 0 Å². The molecule has 0 aromatic heterocycles. The summed E-state index contributed by atoms with van der Waals surface area (Å²) in [5, 5.41) is 3.67. The quantitative estimate of drug-likeness (QED) is 0.647. The van der Waals surface area contributed by atoms with E-state index in [-0.39, 0.29) is 24.0 Å². The molecule has 3 fully saturated rings. The Bertz CT molecular complexity index is 691. The molecule has 3 saturated heterocycles. The molecule has 3 heterocycles. The summed E-state index contributed by atoms with van der Waals surface area (Å²) in [6, 6.07) is -1.83. The molecule has 2 bridgehead atoms. The van der Waals surface area contributed by atoms with Gasteiger partial charge in [-0.1, -0.05) is 0 Å². The highest BCUT2D eigenvalue weighted by molar-refractivity contribution is 7.80. The molecule has 3 aliphatic rings. The number of hydrogen-bond donors (Lipinski definition) is 2. The third kappa shape index (κ3) is 3.95. The summed E-state index contributed by atoms with van der Waals surface area (Å²) < 4.78 is 35.0. The first kappa shape index (κ1) is 19.3. The molecule has 3 amide bonds. The van der Waals surface area contributed by atoms with Gasteiger partial charge in [-0.15, -0.1) is 4.28 Å². The van der Waals surface area contributed by atoms with Crippen LogP contribution in [0.25, 0.3) is 0 Å². The number of urea groups is 1. The van der Waals surface area contributed by atoms with Gasteiger partial charge in [0.2, 0.25) is 5.91 Å². The summed E-state index contributed by atoms with van der Waals surface area (Å²) >= 11 is 0. The third-order valence-electron chi connectivity index (χ3n) is 5.28. The van der Waals surface area contributed by atoms with Crippen LogP contribution in [0.1, 0.15) is 40.0 Å². The van der Waals surface area contributed by atoms with Crippen molar-refractivity contribution in [3.05, 3.63) is 0 Å². The molecular formula is C15H26N4O6S. The normalized spacial score (nSPS) is 30.2. The van der Waals surface area contributed by atoms with Crippen molar-refractivity contribution in [3.8, 4) is 0 Å². The van der Waals surface area contributed by atoms with Crippen molar-refractivity contribution < 1.29 is 26.8 Å². The average molecular weight is 390 g/mol. The van der Waals surface area contributed by atoms with Gasteiger partial charge in [0.25, 0.3) is 0 Å². The van der Waals surface area contributed by atoms with Crippen LogP contribution in [0.4, 0.5) is 4.79 Å². The number of carbonyl (C=O) groups excluding carboxylic acids is 2. The Kier molecular flexibility index (Phi) is 4.93. The van der Waals surface area contributed by atoms with Crippen molar-refractivity contribution in [1.29, 1.82) is 0 Å². The van der Waals surface area contributed by atoms with E-state index in [1.165, 1.54) is 4.90 Å². The van der Waals surface area contributed by atoms with Gasteiger partial charge in [0.1, 0.15) is 6.04 Å². The number of amides is 3. The largest absolute Gasteiger partial charge is 0.418 e. The van der Waals surface area contributed by atoms with Crippen molar-refractivity contribution in [1.82, 2.24) is 20.2 Å². The Hall–Kier alpha value is -1.43. The molecule has 0 aromatic rings. The van der Waals surface area contributed by atoms with E-state index in [0.29, 0.717) is 17.9 Å². The fourth-order valence-corrected chi connectivity index (χ4v) is 4.28. The fraction of sp³-hybridized carbons (Fsp3) is 0.867. The van der Waals surface area contributed by atoms with Gasteiger partial charge in [-0.2, -0.15) is 13.5 Å². The summed E-state index contributed by atoms with van der Waals surface area (Å²) in [6.45, 7) is 8.25. The summed E-state index contributed by atoms with van der Waals surface area (Å²) in [5.41, 5.74) is 0.0378. The van der Waals surface area contributed by atoms with Crippen molar-refractivity contribution in [2.75, 3.05) is 19.6 Å². The number of nitrogens with zero attached hydrogens (tertiary/aromatic N) is 3. The fourth-order valence-electron chi connectivity index (χ4n) is 3.89. The van der Waals surface area contributed by atoms with E-state index in [1.807, 2.05) is 0 Å². The van der Waals surface area contributed by atoms with Crippen LogP contribution in [-0.4, -0.2) is 83.1 Å². The minimum Gasteiger partial charge on any atom is -0.350 e. The topological polar surface area (TPSA) is 119 Å². The summed E-state index contributed by atoms with van der Waals surface area (Å²) in [5.74, 6) is -0.230. The predicted octanol–water partition coefficient (Wildman–Crippen LogP) is -0.0216. The highest BCUT2D eigenvalue weighted by atomic mass is 32.3. The number of likely N-dealkylation sites (tertiary alicyclic amines) is 1. The highest BCUT2D eigenvalue weighted by Gasteiger charge is 2.49. The molecule has 2 N–H and O–H groups in total. The SMILES string of the molecule is CC(C)(C)N1CCC(NC(=O)[C@@H]2CC[C@@H]3CN2C(=O)N3OS(=O)(=O)O)C1. The monoisotopic (exact) mass is 390 g/mol. The molecule has 3 atom stereocenters. The number of nitrogens with one attached hydrogen (secondary N) is 1. The summed E-state index contributed by atoms with van der Waals surface area (Å²) in [4.78, 5) is 28.7. The second kappa shape index (κ2) is 6.63. The molecule has 0 aliphatic carbocycles. The van der Waals surface area contributed by atoms with Gasteiger partial charge in [-0.05, 0) is 40.0 Å². The van der Waals surface area contributed by atoms with E-state index in [4.69, 9.17) is 4.55 Å². The first-order valence-corrected chi connectivity index (χ1v) is 10.1. The molecule has 3 aliphatic heterocycles. The Labute approximate surface area is 153 Å². The standard InChI is InChI=1S/C15H26N4O6S/c1-15(2,3)17-7-6-10(8-17)16-13(20)12-5-4-11-9-18(12)14(21)19(11)25-26(22,23)24/h10-12H,4-9H2,1-3H3,(H,16,20)(H,22,23,24)/t10?,11-,12+/m1/s1. The van der Waals surface area contributed by atoms with Crippen LogP contribution in [0, 0.1) is 0 Å². The van der Waals surface area contributed by atoms with E-state index in [2.05, 4.69) is 35.3 Å². The lowest BCUT2D eigenvalue weighted by molar-refractivity contribution is -0.126. The number of hydrogen-bond acceptors (Lipinski definition) is 6. The maximum Gasteiger partial charge on any atom is 0.418 e. The zero-order chi connectivity index (χ0) is 19.3. The van der Waals surface area contributed by atoms with Crippen molar-refractivity contribution in [2.24, 2.45) is 0 Å². The maximum atomic E-state index is 12.7. The molecule has 148 valence electrons. The lowest BCUT2D eigenvalue weighted by Gasteiger charge is -2.32.